The van der Waals surface area contributed by atoms with Crippen molar-refractivity contribution in [2.75, 3.05) is 0 Å². The lowest BCUT2D eigenvalue weighted by molar-refractivity contribution is 0.0907. The van der Waals surface area contributed by atoms with Gasteiger partial charge in [-0.25, -0.2) is 0 Å². The van der Waals surface area contributed by atoms with Crippen LogP contribution in [0.4, 0.5) is 0 Å². The van der Waals surface area contributed by atoms with Gasteiger partial charge in [0, 0.05) is 11.4 Å². The molecule has 3 heteroatoms. The monoisotopic (exact) mass is 271 g/mol. The van der Waals surface area contributed by atoms with E-state index >= 15 is 0 Å². The number of carbonyl (C=O) groups is 1. The molecule has 1 heterocycles. The van der Waals surface area contributed by atoms with Crippen molar-refractivity contribution < 1.29 is 9.21 Å². The summed E-state index contributed by atoms with van der Waals surface area (Å²) in [5.74, 6) is 0.353. The molecular weight excluding hydrogens is 250 g/mol. The number of amides is 1. The predicted octanol–water partition coefficient (Wildman–Crippen LogP) is 4.19. The van der Waals surface area contributed by atoms with Gasteiger partial charge in [0.1, 0.15) is 5.58 Å². The van der Waals surface area contributed by atoms with E-state index in [2.05, 4.69) is 5.32 Å². The van der Waals surface area contributed by atoms with E-state index in [9.17, 15) is 4.79 Å². The maximum atomic E-state index is 12.3. The van der Waals surface area contributed by atoms with Crippen molar-refractivity contribution in [1.82, 2.24) is 5.32 Å². The van der Waals surface area contributed by atoms with E-state index in [0.29, 0.717) is 11.8 Å². The van der Waals surface area contributed by atoms with Crippen LogP contribution in [-0.4, -0.2) is 11.9 Å². The summed E-state index contributed by atoms with van der Waals surface area (Å²) in [4.78, 5) is 12.3. The number of fused-ring (bicyclic) bond motifs is 1. The van der Waals surface area contributed by atoms with Gasteiger partial charge < -0.3 is 9.73 Å². The Bertz CT molecular complexity index is 606. The molecule has 1 aliphatic carbocycles. The number of nitrogens with one attached hydrogen (secondary N) is 1. The number of para-hydroxylation sites is 1. The summed E-state index contributed by atoms with van der Waals surface area (Å²) < 4.78 is 5.72. The number of carbonyl (C=O) groups excluding carboxylic acids is 1. The van der Waals surface area contributed by atoms with E-state index < -0.39 is 0 Å². The van der Waals surface area contributed by atoms with Crippen LogP contribution < -0.4 is 5.32 Å². The molecule has 0 bridgehead atoms. The average Bonchev–Trinajstić information content (AvgIpc) is 2.72. The Balaban J connectivity index is 1.76. The van der Waals surface area contributed by atoms with Crippen molar-refractivity contribution in [2.45, 2.75) is 51.5 Å². The van der Waals surface area contributed by atoms with Crippen LogP contribution in [0.5, 0.6) is 0 Å². The van der Waals surface area contributed by atoms with Crippen LogP contribution in [0.1, 0.15) is 54.6 Å². The minimum Gasteiger partial charge on any atom is -0.451 e. The lowest BCUT2D eigenvalue weighted by Crippen LogP contribution is -2.34. The Morgan fingerprint density at radius 1 is 1.20 bits per heavy atom. The third-order valence-corrected chi connectivity index (χ3v) is 4.16. The summed E-state index contributed by atoms with van der Waals surface area (Å²) in [5.41, 5.74) is 1.88. The summed E-state index contributed by atoms with van der Waals surface area (Å²) >= 11 is 0. The minimum atomic E-state index is -0.0764. The maximum absolute atomic E-state index is 12.3. The van der Waals surface area contributed by atoms with Gasteiger partial charge in [-0.05, 0) is 31.4 Å². The number of hydrogen-bond donors (Lipinski definition) is 1. The van der Waals surface area contributed by atoms with Crippen molar-refractivity contribution >= 4 is 16.9 Å². The molecule has 0 saturated heterocycles. The number of benzene rings is 1. The van der Waals surface area contributed by atoms with Crippen LogP contribution in [-0.2, 0) is 0 Å². The fraction of sp³-hybridized carbons (Fsp3) is 0.471. The molecule has 1 aromatic carbocycles. The van der Waals surface area contributed by atoms with E-state index in [-0.39, 0.29) is 5.91 Å². The van der Waals surface area contributed by atoms with Gasteiger partial charge in [-0.15, -0.1) is 0 Å². The van der Waals surface area contributed by atoms with Crippen LogP contribution in [0.2, 0.25) is 0 Å². The zero-order valence-corrected chi connectivity index (χ0v) is 11.9. The van der Waals surface area contributed by atoms with Gasteiger partial charge in [0.15, 0.2) is 5.76 Å². The molecule has 1 N–H and O–H groups in total. The first-order valence-electron chi connectivity index (χ1n) is 7.54. The summed E-state index contributed by atoms with van der Waals surface area (Å²) in [6.07, 6.45) is 7.18. The number of rotatable bonds is 2. The normalized spacial score (nSPS) is 17.1. The highest BCUT2D eigenvalue weighted by Gasteiger charge is 2.18. The van der Waals surface area contributed by atoms with E-state index in [1.54, 1.807) is 0 Å². The summed E-state index contributed by atoms with van der Waals surface area (Å²) in [7, 11) is 0. The highest BCUT2D eigenvalue weighted by atomic mass is 16.3. The molecule has 1 amide bonds. The van der Waals surface area contributed by atoms with Crippen molar-refractivity contribution in [3.63, 3.8) is 0 Å². The molecule has 2 aromatic rings. The Hall–Kier alpha value is -1.77. The van der Waals surface area contributed by atoms with E-state index in [1.165, 1.54) is 25.7 Å². The van der Waals surface area contributed by atoms with E-state index in [0.717, 1.165) is 29.4 Å². The first-order chi connectivity index (χ1) is 9.74. The molecule has 1 aliphatic rings. The fourth-order valence-corrected chi connectivity index (χ4v) is 3.00. The van der Waals surface area contributed by atoms with Crippen LogP contribution in [0, 0.1) is 6.92 Å². The molecule has 20 heavy (non-hydrogen) atoms. The quantitative estimate of drug-likeness (QED) is 0.832. The zero-order valence-electron chi connectivity index (χ0n) is 11.9. The van der Waals surface area contributed by atoms with E-state index in [1.807, 2.05) is 31.2 Å². The molecule has 0 spiro atoms. The Labute approximate surface area is 119 Å². The second-order valence-electron chi connectivity index (χ2n) is 5.77. The summed E-state index contributed by atoms with van der Waals surface area (Å²) in [6, 6.07) is 8.11. The summed E-state index contributed by atoms with van der Waals surface area (Å²) in [5, 5.41) is 4.12. The minimum absolute atomic E-state index is 0.0764. The summed E-state index contributed by atoms with van der Waals surface area (Å²) in [6.45, 7) is 2.00. The standard InChI is InChI=1S/C17H21NO2/c1-12-7-6-8-13-11-15(20-16(12)13)17(19)18-14-9-4-2-3-5-10-14/h6-8,11,14H,2-5,9-10H2,1H3,(H,18,19). The Morgan fingerprint density at radius 3 is 2.65 bits per heavy atom. The number of aryl methyl sites for hydroxylation is 1. The Morgan fingerprint density at radius 2 is 1.95 bits per heavy atom. The first-order valence-corrected chi connectivity index (χ1v) is 7.54. The Kier molecular flexibility index (Phi) is 3.77. The third-order valence-electron chi connectivity index (χ3n) is 4.16. The van der Waals surface area contributed by atoms with Crippen LogP contribution in [0.15, 0.2) is 28.7 Å². The van der Waals surface area contributed by atoms with Crippen molar-refractivity contribution in [3.05, 3.63) is 35.6 Å². The lowest BCUT2D eigenvalue weighted by Gasteiger charge is -2.14. The zero-order chi connectivity index (χ0) is 13.9. The van der Waals surface area contributed by atoms with Crippen LogP contribution in [0.25, 0.3) is 11.0 Å². The molecule has 0 atom stereocenters. The van der Waals surface area contributed by atoms with Gasteiger partial charge in [0.05, 0.1) is 0 Å². The third kappa shape index (κ3) is 2.72. The smallest absolute Gasteiger partial charge is 0.287 e. The van der Waals surface area contributed by atoms with Crippen LogP contribution in [0.3, 0.4) is 0 Å². The second kappa shape index (κ2) is 5.70. The molecule has 1 aromatic heterocycles. The SMILES string of the molecule is Cc1cccc2cc(C(=O)NC3CCCCCC3)oc12. The molecule has 3 nitrogen and oxygen atoms in total. The van der Waals surface area contributed by atoms with Gasteiger partial charge in [0.2, 0.25) is 0 Å². The molecular formula is C17H21NO2. The van der Waals surface area contributed by atoms with E-state index in [4.69, 9.17) is 4.42 Å². The number of hydrogen-bond acceptors (Lipinski definition) is 2. The predicted molar refractivity (Wildman–Crippen MR) is 79.9 cm³/mol. The van der Waals surface area contributed by atoms with Gasteiger partial charge >= 0.3 is 0 Å². The van der Waals surface area contributed by atoms with Gasteiger partial charge in [-0.1, -0.05) is 43.9 Å². The molecule has 0 radical (unpaired) electrons. The van der Waals surface area contributed by atoms with Crippen molar-refractivity contribution in [2.24, 2.45) is 0 Å². The largest absolute Gasteiger partial charge is 0.451 e. The second-order valence-corrected chi connectivity index (χ2v) is 5.77. The average molecular weight is 271 g/mol. The topological polar surface area (TPSA) is 42.2 Å². The highest BCUT2D eigenvalue weighted by molar-refractivity contribution is 5.96. The van der Waals surface area contributed by atoms with Crippen molar-refractivity contribution in [1.29, 1.82) is 0 Å². The fourth-order valence-electron chi connectivity index (χ4n) is 3.00. The molecule has 0 unspecified atom stereocenters. The van der Waals surface area contributed by atoms with Gasteiger partial charge in [-0.2, -0.15) is 0 Å². The molecule has 3 rings (SSSR count). The molecule has 0 aliphatic heterocycles. The maximum Gasteiger partial charge on any atom is 0.287 e. The van der Waals surface area contributed by atoms with Crippen LogP contribution >= 0.6 is 0 Å². The van der Waals surface area contributed by atoms with Gasteiger partial charge in [-0.3, -0.25) is 4.79 Å². The van der Waals surface area contributed by atoms with Gasteiger partial charge in [0.25, 0.3) is 5.91 Å². The molecule has 106 valence electrons. The highest BCUT2D eigenvalue weighted by Crippen LogP contribution is 2.23. The molecule has 1 fully saturated rings. The number of furan rings is 1. The lowest BCUT2D eigenvalue weighted by atomic mass is 10.1. The first kappa shape index (κ1) is 13.2. The van der Waals surface area contributed by atoms with Crippen molar-refractivity contribution in [3.8, 4) is 0 Å². The molecule has 1 saturated carbocycles.